The molecule has 0 atom stereocenters. The standard InChI is InChI=1S/C15H21N3O2/c1-12(2)9-17-10-13-5-3-4-6-14(13)20-11-15(19)18-8-7-16/h3-6,12,17H,8-11H2,1-2H3,(H,18,19). The number of rotatable bonds is 8. The van der Waals surface area contributed by atoms with E-state index in [0.717, 1.165) is 12.1 Å². The van der Waals surface area contributed by atoms with Gasteiger partial charge in [0, 0.05) is 12.1 Å². The molecule has 0 saturated carbocycles. The Balaban J connectivity index is 2.48. The number of carbonyl (C=O) groups excluding carboxylic acids is 1. The average Bonchev–Trinajstić information content (AvgIpc) is 2.43. The number of benzene rings is 1. The third-order valence-corrected chi connectivity index (χ3v) is 2.56. The molecule has 2 N–H and O–H groups in total. The molecular formula is C15H21N3O2. The summed E-state index contributed by atoms with van der Waals surface area (Å²) in [6.07, 6.45) is 0. The summed E-state index contributed by atoms with van der Waals surface area (Å²) in [6.45, 7) is 5.84. The summed E-state index contributed by atoms with van der Waals surface area (Å²) < 4.78 is 5.49. The summed E-state index contributed by atoms with van der Waals surface area (Å²) in [5.41, 5.74) is 1.02. The van der Waals surface area contributed by atoms with Crippen LogP contribution in [0.2, 0.25) is 0 Å². The van der Waals surface area contributed by atoms with Crippen molar-refractivity contribution in [2.45, 2.75) is 20.4 Å². The summed E-state index contributed by atoms with van der Waals surface area (Å²) in [5, 5.41) is 14.2. The molecule has 108 valence electrons. The molecule has 1 rings (SSSR count). The van der Waals surface area contributed by atoms with Crippen molar-refractivity contribution in [3.8, 4) is 11.8 Å². The highest BCUT2D eigenvalue weighted by atomic mass is 16.5. The van der Waals surface area contributed by atoms with Crippen LogP contribution >= 0.6 is 0 Å². The molecule has 0 unspecified atom stereocenters. The molecule has 0 aliphatic carbocycles. The van der Waals surface area contributed by atoms with Crippen molar-refractivity contribution in [3.05, 3.63) is 29.8 Å². The van der Waals surface area contributed by atoms with Crippen LogP contribution in [0.15, 0.2) is 24.3 Å². The second-order valence-corrected chi connectivity index (χ2v) is 4.86. The van der Waals surface area contributed by atoms with E-state index in [-0.39, 0.29) is 19.1 Å². The highest BCUT2D eigenvalue weighted by Gasteiger charge is 2.06. The van der Waals surface area contributed by atoms with Gasteiger partial charge in [0.1, 0.15) is 12.3 Å². The van der Waals surface area contributed by atoms with E-state index in [1.807, 2.05) is 30.3 Å². The minimum Gasteiger partial charge on any atom is -0.483 e. The van der Waals surface area contributed by atoms with Gasteiger partial charge in [0.2, 0.25) is 0 Å². The first-order valence-corrected chi connectivity index (χ1v) is 6.68. The number of carbonyl (C=O) groups is 1. The van der Waals surface area contributed by atoms with Gasteiger partial charge in [-0.1, -0.05) is 32.0 Å². The van der Waals surface area contributed by atoms with Gasteiger partial charge < -0.3 is 15.4 Å². The molecule has 0 fully saturated rings. The lowest BCUT2D eigenvalue weighted by atomic mass is 10.2. The molecule has 0 bridgehead atoms. The third-order valence-electron chi connectivity index (χ3n) is 2.56. The molecule has 0 heterocycles. The molecule has 0 spiro atoms. The maximum atomic E-state index is 11.4. The minimum atomic E-state index is -0.295. The molecule has 0 saturated heterocycles. The topological polar surface area (TPSA) is 74.2 Å². The summed E-state index contributed by atoms with van der Waals surface area (Å²) in [4.78, 5) is 11.4. The lowest BCUT2D eigenvalue weighted by Gasteiger charge is -2.12. The van der Waals surface area contributed by atoms with E-state index in [2.05, 4.69) is 24.5 Å². The fraction of sp³-hybridized carbons (Fsp3) is 0.467. The van der Waals surface area contributed by atoms with Gasteiger partial charge in [-0.05, 0) is 18.5 Å². The van der Waals surface area contributed by atoms with E-state index in [0.29, 0.717) is 18.2 Å². The molecular weight excluding hydrogens is 254 g/mol. The van der Waals surface area contributed by atoms with Gasteiger partial charge in [-0.25, -0.2) is 0 Å². The number of para-hydroxylation sites is 1. The van der Waals surface area contributed by atoms with Gasteiger partial charge in [-0.3, -0.25) is 4.79 Å². The molecule has 0 radical (unpaired) electrons. The zero-order valence-corrected chi connectivity index (χ0v) is 12.0. The van der Waals surface area contributed by atoms with E-state index in [1.165, 1.54) is 0 Å². The van der Waals surface area contributed by atoms with Gasteiger partial charge in [-0.2, -0.15) is 5.26 Å². The molecule has 5 nitrogen and oxygen atoms in total. The maximum Gasteiger partial charge on any atom is 0.258 e. The van der Waals surface area contributed by atoms with Crippen molar-refractivity contribution in [3.63, 3.8) is 0 Å². The van der Waals surface area contributed by atoms with Crippen molar-refractivity contribution in [2.24, 2.45) is 5.92 Å². The Morgan fingerprint density at radius 1 is 1.40 bits per heavy atom. The average molecular weight is 275 g/mol. The van der Waals surface area contributed by atoms with Crippen LogP contribution in [0.5, 0.6) is 5.75 Å². The summed E-state index contributed by atoms with van der Waals surface area (Å²) in [7, 11) is 0. The van der Waals surface area contributed by atoms with Crippen LogP contribution in [0.3, 0.4) is 0 Å². The molecule has 0 aliphatic rings. The maximum absolute atomic E-state index is 11.4. The van der Waals surface area contributed by atoms with Crippen molar-refractivity contribution < 1.29 is 9.53 Å². The summed E-state index contributed by atoms with van der Waals surface area (Å²) in [5.74, 6) is 0.979. The zero-order chi connectivity index (χ0) is 14.8. The normalized spacial score (nSPS) is 10.1. The Labute approximate surface area is 119 Å². The zero-order valence-electron chi connectivity index (χ0n) is 12.0. The van der Waals surface area contributed by atoms with Crippen molar-refractivity contribution in [1.29, 1.82) is 5.26 Å². The smallest absolute Gasteiger partial charge is 0.258 e. The SMILES string of the molecule is CC(C)CNCc1ccccc1OCC(=O)NCC#N. The first-order valence-electron chi connectivity index (χ1n) is 6.68. The Kier molecular flexibility index (Phi) is 7.15. The van der Waals surface area contributed by atoms with Crippen molar-refractivity contribution >= 4 is 5.91 Å². The number of nitriles is 1. The Bertz CT molecular complexity index is 466. The number of nitrogens with zero attached hydrogens (tertiary/aromatic N) is 1. The molecule has 1 aromatic carbocycles. The molecule has 20 heavy (non-hydrogen) atoms. The predicted octanol–water partition coefficient (Wildman–Crippen LogP) is 1.45. The highest BCUT2D eigenvalue weighted by molar-refractivity contribution is 5.77. The van der Waals surface area contributed by atoms with Crippen molar-refractivity contribution in [1.82, 2.24) is 10.6 Å². The monoisotopic (exact) mass is 275 g/mol. The van der Waals surface area contributed by atoms with Crippen LogP contribution in [-0.2, 0) is 11.3 Å². The number of hydrogen-bond acceptors (Lipinski definition) is 4. The number of amides is 1. The number of ether oxygens (including phenoxy) is 1. The first-order chi connectivity index (χ1) is 9.63. The van der Waals surface area contributed by atoms with E-state index in [1.54, 1.807) is 0 Å². The van der Waals surface area contributed by atoms with E-state index in [9.17, 15) is 4.79 Å². The van der Waals surface area contributed by atoms with E-state index in [4.69, 9.17) is 10.00 Å². The van der Waals surface area contributed by atoms with Crippen LogP contribution in [0.4, 0.5) is 0 Å². The molecule has 1 amide bonds. The van der Waals surface area contributed by atoms with Gasteiger partial charge in [0.25, 0.3) is 5.91 Å². The lowest BCUT2D eigenvalue weighted by molar-refractivity contribution is -0.122. The number of nitrogens with one attached hydrogen (secondary N) is 2. The van der Waals surface area contributed by atoms with E-state index < -0.39 is 0 Å². The molecule has 0 aromatic heterocycles. The van der Waals surface area contributed by atoms with Crippen molar-refractivity contribution in [2.75, 3.05) is 19.7 Å². The summed E-state index contributed by atoms with van der Waals surface area (Å²) >= 11 is 0. The number of hydrogen-bond donors (Lipinski definition) is 2. The fourth-order valence-corrected chi connectivity index (χ4v) is 1.62. The Morgan fingerprint density at radius 3 is 2.85 bits per heavy atom. The van der Waals surface area contributed by atoms with Crippen LogP contribution in [0, 0.1) is 17.2 Å². The minimum absolute atomic E-state index is 0.000214. The van der Waals surface area contributed by atoms with Crippen LogP contribution in [0.1, 0.15) is 19.4 Å². The quantitative estimate of drug-likeness (QED) is 0.704. The summed E-state index contributed by atoms with van der Waals surface area (Å²) in [6, 6.07) is 9.46. The van der Waals surface area contributed by atoms with Crippen LogP contribution in [0.25, 0.3) is 0 Å². The largest absolute Gasteiger partial charge is 0.483 e. The molecule has 1 aromatic rings. The second-order valence-electron chi connectivity index (χ2n) is 4.86. The second kappa shape index (κ2) is 8.94. The van der Waals surface area contributed by atoms with Gasteiger partial charge in [0.15, 0.2) is 6.61 Å². The fourth-order valence-electron chi connectivity index (χ4n) is 1.62. The molecule has 5 heteroatoms. The lowest BCUT2D eigenvalue weighted by Crippen LogP contribution is -2.29. The van der Waals surface area contributed by atoms with Gasteiger partial charge in [0.05, 0.1) is 6.07 Å². The highest BCUT2D eigenvalue weighted by Crippen LogP contribution is 2.17. The van der Waals surface area contributed by atoms with E-state index >= 15 is 0 Å². The van der Waals surface area contributed by atoms with Gasteiger partial charge >= 0.3 is 0 Å². The Morgan fingerprint density at radius 2 is 2.15 bits per heavy atom. The Hall–Kier alpha value is -2.06. The first kappa shape index (κ1) is 16.0. The predicted molar refractivity (Wildman–Crippen MR) is 77.1 cm³/mol. The molecule has 0 aliphatic heterocycles. The van der Waals surface area contributed by atoms with Gasteiger partial charge in [-0.15, -0.1) is 0 Å². The van der Waals surface area contributed by atoms with Crippen LogP contribution < -0.4 is 15.4 Å². The third kappa shape index (κ3) is 6.21. The van der Waals surface area contributed by atoms with Crippen LogP contribution in [-0.4, -0.2) is 25.6 Å².